The van der Waals surface area contributed by atoms with Crippen molar-refractivity contribution < 1.29 is 27.9 Å². The highest BCUT2D eigenvalue weighted by Crippen LogP contribution is 2.52. The number of halogens is 3. The van der Waals surface area contributed by atoms with Gasteiger partial charge in [-0.05, 0) is 74.1 Å². The van der Waals surface area contributed by atoms with Gasteiger partial charge in [0, 0.05) is 24.0 Å². The molecule has 1 saturated heterocycles. The minimum atomic E-state index is -5.08. The second-order valence-electron chi connectivity index (χ2n) is 9.67. The van der Waals surface area contributed by atoms with Crippen LogP contribution in [-0.2, 0) is 21.5 Å². The molecule has 0 radical (unpaired) electrons. The van der Waals surface area contributed by atoms with Crippen LogP contribution in [0.4, 0.5) is 13.2 Å². The number of alkyl halides is 3. The first-order valence-electron chi connectivity index (χ1n) is 12.0. The Labute approximate surface area is 206 Å². The number of aliphatic carboxylic acids is 1. The maximum atomic E-state index is 12.6. The smallest absolute Gasteiger partial charge is 0.475 e. The molecule has 1 atom stereocenters. The molecule has 2 aromatic rings. The number of fused-ring (bicyclic) bond motifs is 2. The van der Waals surface area contributed by atoms with Crippen LogP contribution in [0.3, 0.4) is 0 Å². The second kappa shape index (κ2) is 10.7. The first-order chi connectivity index (χ1) is 16.7. The van der Waals surface area contributed by atoms with Crippen LogP contribution < -0.4 is 5.32 Å². The third kappa shape index (κ3) is 6.22. The summed E-state index contributed by atoms with van der Waals surface area (Å²) < 4.78 is 31.7. The van der Waals surface area contributed by atoms with Crippen molar-refractivity contribution in [2.45, 2.75) is 75.0 Å². The fourth-order valence-electron chi connectivity index (χ4n) is 5.41. The van der Waals surface area contributed by atoms with Gasteiger partial charge in [-0.3, -0.25) is 9.69 Å². The Kier molecular flexibility index (Phi) is 7.80. The summed E-state index contributed by atoms with van der Waals surface area (Å²) in [6.45, 7) is 3.21. The summed E-state index contributed by atoms with van der Waals surface area (Å²) in [6, 6.07) is 9.36. The predicted molar refractivity (Wildman–Crippen MR) is 126 cm³/mol. The number of carbonyl (C=O) groups is 2. The van der Waals surface area contributed by atoms with Gasteiger partial charge < -0.3 is 10.4 Å². The normalized spacial score (nSPS) is 21.5. The number of carboxylic acids is 1. The molecular formula is C25H30F3N3O3S. The average Bonchev–Trinajstić information content (AvgIpc) is 3.40. The van der Waals surface area contributed by atoms with Gasteiger partial charge in [0.15, 0.2) is 0 Å². The first-order valence-corrected chi connectivity index (χ1v) is 12.8. The van der Waals surface area contributed by atoms with Crippen LogP contribution in [0, 0.1) is 0 Å². The highest BCUT2D eigenvalue weighted by atomic mass is 32.1. The molecule has 1 aromatic carbocycles. The lowest BCUT2D eigenvalue weighted by molar-refractivity contribution is -0.192. The molecule has 1 spiro atoms. The van der Waals surface area contributed by atoms with Gasteiger partial charge in [-0.1, -0.05) is 24.3 Å². The molecule has 0 bridgehead atoms. The van der Waals surface area contributed by atoms with E-state index in [2.05, 4.69) is 44.8 Å². The number of piperidine rings is 1. The molecule has 5 rings (SSSR count). The molecule has 1 unspecified atom stereocenters. The van der Waals surface area contributed by atoms with Crippen molar-refractivity contribution in [2.75, 3.05) is 13.1 Å². The maximum Gasteiger partial charge on any atom is 0.490 e. The second-order valence-corrected chi connectivity index (χ2v) is 10.7. The highest BCUT2D eigenvalue weighted by Gasteiger charge is 2.45. The SMILES string of the molecule is O=C(CC1CC2(CCN(Cc3nccs3)CC2)c2ccccc21)NC1CCC1.O=C(O)C(F)(F)F. The van der Waals surface area contributed by atoms with Crippen molar-refractivity contribution in [3.05, 3.63) is 52.0 Å². The van der Waals surface area contributed by atoms with Gasteiger partial charge in [-0.15, -0.1) is 11.3 Å². The highest BCUT2D eigenvalue weighted by molar-refractivity contribution is 7.09. The molecule has 2 aliphatic carbocycles. The van der Waals surface area contributed by atoms with E-state index in [1.165, 1.54) is 35.4 Å². The minimum absolute atomic E-state index is 0.253. The van der Waals surface area contributed by atoms with E-state index in [0.29, 0.717) is 18.4 Å². The summed E-state index contributed by atoms with van der Waals surface area (Å²) in [7, 11) is 0. The van der Waals surface area contributed by atoms with E-state index in [0.717, 1.165) is 38.9 Å². The number of nitrogens with one attached hydrogen (secondary N) is 1. The van der Waals surface area contributed by atoms with Gasteiger partial charge in [-0.2, -0.15) is 13.2 Å². The predicted octanol–water partition coefficient (Wildman–Crippen LogP) is 4.86. The number of carboxylic acid groups (broad SMARTS) is 1. The molecule has 190 valence electrons. The molecule has 2 N–H and O–H groups in total. The summed E-state index contributed by atoms with van der Waals surface area (Å²) in [5.74, 6) is -2.13. The van der Waals surface area contributed by atoms with Gasteiger partial charge in [0.05, 0.1) is 6.54 Å². The van der Waals surface area contributed by atoms with Crippen LogP contribution in [0.1, 0.15) is 67.0 Å². The Bertz CT molecular complexity index is 1020. The number of carbonyl (C=O) groups excluding carboxylic acids is 1. The van der Waals surface area contributed by atoms with Crippen LogP contribution in [-0.4, -0.2) is 52.2 Å². The zero-order valence-corrected chi connectivity index (χ0v) is 20.2. The van der Waals surface area contributed by atoms with Crippen molar-refractivity contribution in [3.63, 3.8) is 0 Å². The average molecular weight is 510 g/mol. The van der Waals surface area contributed by atoms with Crippen LogP contribution in [0.25, 0.3) is 0 Å². The molecule has 6 nitrogen and oxygen atoms in total. The Hall–Kier alpha value is -2.46. The lowest BCUT2D eigenvalue weighted by atomic mass is 9.73. The molecule has 2 fully saturated rings. The molecule has 3 aliphatic rings. The van der Waals surface area contributed by atoms with Crippen molar-refractivity contribution in [3.8, 4) is 0 Å². The number of nitrogens with zero attached hydrogens (tertiary/aromatic N) is 2. The number of hydrogen-bond acceptors (Lipinski definition) is 5. The molecule has 1 amide bonds. The van der Waals surface area contributed by atoms with Crippen molar-refractivity contribution >= 4 is 23.2 Å². The van der Waals surface area contributed by atoms with E-state index in [1.807, 2.05) is 6.20 Å². The first kappa shape index (κ1) is 25.6. The van der Waals surface area contributed by atoms with Crippen molar-refractivity contribution in [1.29, 1.82) is 0 Å². The zero-order valence-electron chi connectivity index (χ0n) is 19.4. The number of benzene rings is 1. The zero-order chi connectivity index (χ0) is 25.1. The molecule has 2 heterocycles. The van der Waals surface area contributed by atoms with Gasteiger partial charge in [0.25, 0.3) is 0 Å². The summed E-state index contributed by atoms with van der Waals surface area (Å²) >= 11 is 1.75. The molecular weight excluding hydrogens is 479 g/mol. The molecule has 1 aromatic heterocycles. The number of rotatable bonds is 5. The third-order valence-corrected chi connectivity index (χ3v) is 8.17. The number of aromatic nitrogens is 1. The van der Waals surface area contributed by atoms with Crippen LogP contribution in [0.15, 0.2) is 35.8 Å². The molecule has 10 heteroatoms. The van der Waals surface area contributed by atoms with Gasteiger partial charge in [0.1, 0.15) is 5.01 Å². The Morgan fingerprint density at radius 2 is 1.89 bits per heavy atom. The van der Waals surface area contributed by atoms with E-state index in [1.54, 1.807) is 11.3 Å². The molecule has 1 aliphatic heterocycles. The monoisotopic (exact) mass is 509 g/mol. The Balaban J connectivity index is 0.000000364. The largest absolute Gasteiger partial charge is 0.490 e. The van der Waals surface area contributed by atoms with E-state index < -0.39 is 12.1 Å². The fraction of sp³-hybridized carbons (Fsp3) is 0.560. The number of amides is 1. The summed E-state index contributed by atoms with van der Waals surface area (Å²) in [6.07, 6.45) is 4.56. The van der Waals surface area contributed by atoms with Crippen LogP contribution >= 0.6 is 11.3 Å². The third-order valence-electron chi connectivity index (χ3n) is 7.41. The van der Waals surface area contributed by atoms with E-state index >= 15 is 0 Å². The van der Waals surface area contributed by atoms with Gasteiger partial charge in [-0.25, -0.2) is 9.78 Å². The Morgan fingerprint density at radius 3 is 2.46 bits per heavy atom. The quantitative estimate of drug-likeness (QED) is 0.602. The van der Waals surface area contributed by atoms with E-state index in [4.69, 9.17) is 9.90 Å². The lowest BCUT2D eigenvalue weighted by Crippen LogP contribution is -2.41. The van der Waals surface area contributed by atoms with Gasteiger partial charge >= 0.3 is 12.1 Å². The van der Waals surface area contributed by atoms with Crippen LogP contribution in [0.2, 0.25) is 0 Å². The van der Waals surface area contributed by atoms with E-state index in [9.17, 15) is 18.0 Å². The van der Waals surface area contributed by atoms with Crippen molar-refractivity contribution in [2.24, 2.45) is 0 Å². The minimum Gasteiger partial charge on any atom is -0.475 e. The Morgan fingerprint density at radius 1 is 1.20 bits per heavy atom. The number of thiazole rings is 1. The van der Waals surface area contributed by atoms with Crippen LogP contribution in [0.5, 0.6) is 0 Å². The topological polar surface area (TPSA) is 82.5 Å². The standard InChI is InChI=1S/C23H29N3OS.C2HF3O2/c27-21(25-18-4-3-5-18)14-17-15-23(20-7-2-1-6-19(17)20)8-11-26(12-9-23)16-22-24-10-13-28-22;3-2(4,5)1(6)7/h1-2,6-7,10,13,17-18H,3-5,8-9,11-12,14-16H2,(H,25,27);(H,6,7). The lowest BCUT2D eigenvalue weighted by Gasteiger charge is -2.40. The summed E-state index contributed by atoms with van der Waals surface area (Å²) in [4.78, 5) is 28.5. The molecule has 1 saturated carbocycles. The summed E-state index contributed by atoms with van der Waals surface area (Å²) in [5.41, 5.74) is 3.21. The molecule has 35 heavy (non-hydrogen) atoms. The summed E-state index contributed by atoms with van der Waals surface area (Å²) in [5, 5.41) is 13.6. The maximum absolute atomic E-state index is 12.6. The van der Waals surface area contributed by atoms with E-state index in [-0.39, 0.29) is 11.3 Å². The number of hydrogen-bond donors (Lipinski definition) is 2. The van der Waals surface area contributed by atoms with Gasteiger partial charge in [0.2, 0.25) is 5.91 Å². The fourth-order valence-corrected chi connectivity index (χ4v) is 6.07. The van der Waals surface area contributed by atoms with Crippen molar-refractivity contribution in [1.82, 2.24) is 15.2 Å². The number of likely N-dealkylation sites (tertiary alicyclic amines) is 1.